The number of aliphatic hydroxyl groups excluding tert-OH is 2. The topological polar surface area (TPSA) is 95.9 Å². The average molecular weight is 931 g/mol. The van der Waals surface area contributed by atoms with Crippen LogP contribution in [0.2, 0.25) is 0 Å². The summed E-state index contributed by atoms with van der Waals surface area (Å²) in [5.41, 5.74) is 0. The number of ether oxygens (including phenoxy) is 1. The number of allylic oxidation sites excluding steroid dienone is 3. The molecule has 6 nitrogen and oxygen atoms in total. The van der Waals surface area contributed by atoms with Crippen LogP contribution >= 0.6 is 0 Å². The second-order valence-electron chi connectivity index (χ2n) is 20.3. The Hall–Kier alpha value is -1.66. The number of esters is 1. The van der Waals surface area contributed by atoms with Crippen LogP contribution in [0, 0.1) is 0 Å². The smallest absolute Gasteiger partial charge is 0.305 e. The van der Waals surface area contributed by atoms with Gasteiger partial charge in [-0.05, 0) is 57.8 Å². The van der Waals surface area contributed by atoms with Crippen molar-refractivity contribution in [1.29, 1.82) is 0 Å². The molecule has 0 aliphatic carbocycles. The van der Waals surface area contributed by atoms with Gasteiger partial charge in [0.1, 0.15) is 0 Å². The first-order chi connectivity index (χ1) is 32.5. The number of carbonyl (C=O) groups is 2. The molecule has 0 radical (unpaired) electrons. The van der Waals surface area contributed by atoms with Crippen LogP contribution in [0.4, 0.5) is 0 Å². The minimum atomic E-state index is -0.849. The highest BCUT2D eigenvalue weighted by Gasteiger charge is 2.18. The van der Waals surface area contributed by atoms with E-state index in [2.05, 4.69) is 31.3 Å². The molecule has 66 heavy (non-hydrogen) atoms. The van der Waals surface area contributed by atoms with Crippen LogP contribution in [0.3, 0.4) is 0 Å². The third kappa shape index (κ3) is 51.7. The molecule has 0 rings (SSSR count). The van der Waals surface area contributed by atoms with Crippen molar-refractivity contribution in [3.8, 4) is 0 Å². The molecule has 3 N–H and O–H groups in total. The van der Waals surface area contributed by atoms with Gasteiger partial charge in [-0.3, -0.25) is 9.59 Å². The van der Waals surface area contributed by atoms with Crippen molar-refractivity contribution in [2.45, 2.75) is 334 Å². The first kappa shape index (κ1) is 64.3. The average Bonchev–Trinajstić information content (AvgIpc) is 3.32. The molecule has 0 saturated carbocycles. The van der Waals surface area contributed by atoms with Crippen molar-refractivity contribution >= 4 is 11.9 Å². The normalized spacial score (nSPS) is 12.7. The van der Waals surface area contributed by atoms with Crippen LogP contribution in [0.15, 0.2) is 24.3 Å². The summed E-state index contributed by atoms with van der Waals surface area (Å²) in [6, 6.07) is -0.634. The van der Waals surface area contributed by atoms with E-state index in [1.165, 1.54) is 250 Å². The molecule has 0 spiro atoms. The second-order valence-corrected chi connectivity index (χ2v) is 20.3. The highest BCUT2D eigenvalue weighted by atomic mass is 16.5. The van der Waals surface area contributed by atoms with Crippen molar-refractivity contribution in [3.63, 3.8) is 0 Å². The molecule has 2 unspecified atom stereocenters. The molecule has 1 amide bonds. The van der Waals surface area contributed by atoms with Gasteiger partial charge in [-0.25, -0.2) is 0 Å². The molecular weight excluding hydrogens is 815 g/mol. The maximum Gasteiger partial charge on any atom is 0.305 e. The second kappa shape index (κ2) is 55.9. The molecular formula is C60H115NO5. The van der Waals surface area contributed by atoms with Gasteiger partial charge in [-0.15, -0.1) is 0 Å². The summed E-state index contributed by atoms with van der Waals surface area (Å²) in [4.78, 5) is 24.5. The maximum absolute atomic E-state index is 12.5. The molecule has 6 heteroatoms. The summed E-state index contributed by atoms with van der Waals surface area (Å²) < 4.78 is 5.47. The number of hydrogen-bond acceptors (Lipinski definition) is 5. The highest BCUT2D eigenvalue weighted by molar-refractivity contribution is 5.76. The van der Waals surface area contributed by atoms with Crippen LogP contribution in [0.1, 0.15) is 322 Å². The first-order valence-electron chi connectivity index (χ1n) is 29.6. The number of nitrogens with one attached hydrogen (secondary N) is 1. The molecule has 0 heterocycles. The summed E-state index contributed by atoms with van der Waals surface area (Å²) in [5, 5.41) is 23.1. The summed E-state index contributed by atoms with van der Waals surface area (Å²) in [6.45, 7) is 4.91. The lowest BCUT2D eigenvalue weighted by atomic mass is 10.0. The van der Waals surface area contributed by atoms with Gasteiger partial charge in [-0.2, -0.15) is 0 Å². The van der Waals surface area contributed by atoms with E-state index in [0.717, 1.165) is 44.9 Å². The van der Waals surface area contributed by atoms with Crippen LogP contribution in [-0.2, 0) is 14.3 Å². The third-order valence-corrected chi connectivity index (χ3v) is 13.7. The van der Waals surface area contributed by atoms with E-state index in [9.17, 15) is 19.8 Å². The fourth-order valence-corrected chi connectivity index (χ4v) is 9.16. The molecule has 0 fully saturated rings. The number of hydrogen-bond donors (Lipinski definition) is 3. The standard InChI is InChI=1S/C60H115NO5/c1-3-5-7-9-11-13-15-17-18-25-29-32-36-40-44-48-52-58(63)57(56-62)61-59(64)53-49-45-41-37-33-30-26-23-21-19-20-22-24-27-31-35-39-43-47-51-55-66-60(65)54-50-46-42-38-34-28-16-14-12-10-8-6-4-2/h19,21,48,52,57-58,62-63H,3-18,20,22-47,49-51,53-56H2,1-2H3,(H,61,64)/b21-19-,52-48+. The van der Waals surface area contributed by atoms with E-state index in [4.69, 9.17) is 4.74 Å². The number of amides is 1. The maximum atomic E-state index is 12.5. The van der Waals surface area contributed by atoms with Gasteiger partial charge in [0.25, 0.3) is 0 Å². The molecule has 0 aromatic rings. The molecule has 0 saturated heterocycles. The van der Waals surface area contributed by atoms with Crippen molar-refractivity contribution in [3.05, 3.63) is 24.3 Å². The van der Waals surface area contributed by atoms with Crippen LogP contribution in [0.25, 0.3) is 0 Å². The zero-order chi connectivity index (χ0) is 47.9. The lowest BCUT2D eigenvalue weighted by Crippen LogP contribution is -2.45. The van der Waals surface area contributed by atoms with E-state index in [0.29, 0.717) is 19.4 Å². The lowest BCUT2D eigenvalue weighted by molar-refractivity contribution is -0.143. The molecule has 2 atom stereocenters. The van der Waals surface area contributed by atoms with Gasteiger partial charge in [0.15, 0.2) is 0 Å². The van der Waals surface area contributed by atoms with Crippen molar-refractivity contribution in [2.24, 2.45) is 0 Å². The molecule has 0 bridgehead atoms. The van der Waals surface area contributed by atoms with Crippen LogP contribution in [0.5, 0.6) is 0 Å². The molecule has 390 valence electrons. The van der Waals surface area contributed by atoms with E-state index >= 15 is 0 Å². The minimum absolute atomic E-state index is 0.00723. The minimum Gasteiger partial charge on any atom is -0.466 e. The zero-order valence-corrected chi connectivity index (χ0v) is 44.4. The Morgan fingerprint density at radius 2 is 0.712 bits per heavy atom. The summed E-state index contributed by atoms with van der Waals surface area (Å²) in [6.07, 6.45) is 67.7. The van der Waals surface area contributed by atoms with E-state index in [1.807, 2.05) is 6.08 Å². The monoisotopic (exact) mass is 930 g/mol. The van der Waals surface area contributed by atoms with E-state index in [-0.39, 0.29) is 18.5 Å². The van der Waals surface area contributed by atoms with E-state index < -0.39 is 12.1 Å². The Labute approximate surface area is 411 Å². The van der Waals surface area contributed by atoms with Crippen molar-refractivity contribution in [1.82, 2.24) is 5.32 Å². The third-order valence-electron chi connectivity index (χ3n) is 13.7. The van der Waals surface area contributed by atoms with Gasteiger partial charge in [0.05, 0.1) is 25.4 Å². The lowest BCUT2D eigenvalue weighted by Gasteiger charge is -2.20. The highest BCUT2D eigenvalue weighted by Crippen LogP contribution is 2.17. The number of unbranched alkanes of at least 4 members (excludes halogenated alkanes) is 42. The Morgan fingerprint density at radius 3 is 1.08 bits per heavy atom. The van der Waals surface area contributed by atoms with Crippen LogP contribution in [-0.4, -0.2) is 47.4 Å². The van der Waals surface area contributed by atoms with Crippen molar-refractivity contribution in [2.75, 3.05) is 13.2 Å². The Balaban J connectivity index is 3.46. The van der Waals surface area contributed by atoms with Gasteiger partial charge in [-0.1, -0.05) is 276 Å². The summed E-state index contributed by atoms with van der Waals surface area (Å²) in [7, 11) is 0. The Bertz CT molecular complexity index is 1030. The zero-order valence-electron chi connectivity index (χ0n) is 44.4. The first-order valence-corrected chi connectivity index (χ1v) is 29.6. The fourth-order valence-electron chi connectivity index (χ4n) is 9.16. The SMILES string of the molecule is CCCCCCCCCCCCCCCC/C=C/C(O)C(CO)NC(=O)CCCCCCCCC/C=C\CCCCCCCCCCCOC(=O)CCCCCCCCCCCCCCC. The molecule has 0 aliphatic heterocycles. The number of rotatable bonds is 55. The van der Waals surface area contributed by atoms with Gasteiger partial charge in [0.2, 0.25) is 5.91 Å². The Morgan fingerprint density at radius 1 is 0.409 bits per heavy atom. The summed E-state index contributed by atoms with van der Waals surface area (Å²) >= 11 is 0. The predicted molar refractivity (Wildman–Crippen MR) is 287 cm³/mol. The fraction of sp³-hybridized carbons (Fsp3) is 0.900. The van der Waals surface area contributed by atoms with Gasteiger partial charge < -0.3 is 20.3 Å². The largest absolute Gasteiger partial charge is 0.466 e. The molecule has 0 aromatic carbocycles. The molecule has 0 aliphatic rings. The summed E-state index contributed by atoms with van der Waals surface area (Å²) in [5.74, 6) is -0.0678. The Kier molecular flexibility index (Phi) is 54.5. The predicted octanol–water partition coefficient (Wildman–Crippen LogP) is 18.2. The number of aliphatic hydroxyl groups is 2. The van der Waals surface area contributed by atoms with Gasteiger partial charge in [0, 0.05) is 12.8 Å². The van der Waals surface area contributed by atoms with Crippen LogP contribution < -0.4 is 5.32 Å². The number of carbonyl (C=O) groups excluding carboxylic acids is 2. The van der Waals surface area contributed by atoms with Crippen molar-refractivity contribution < 1.29 is 24.5 Å². The van der Waals surface area contributed by atoms with E-state index in [1.54, 1.807) is 6.08 Å². The molecule has 0 aromatic heterocycles. The van der Waals surface area contributed by atoms with Gasteiger partial charge >= 0.3 is 5.97 Å². The quantitative estimate of drug-likeness (QED) is 0.0321.